The maximum absolute atomic E-state index is 12.4. The first-order valence-electron chi connectivity index (χ1n) is 3.47. The summed E-state index contributed by atoms with van der Waals surface area (Å²) in [6.07, 6.45) is -2.61. The van der Waals surface area contributed by atoms with Gasteiger partial charge in [-0.15, -0.1) is 0 Å². The second-order valence-corrected chi connectivity index (χ2v) is 4.46. The monoisotopic (exact) mass is 258 g/mol. The summed E-state index contributed by atoms with van der Waals surface area (Å²) in [7, 11) is -4.35. The number of aromatic amines is 1. The van der Waals surface area contributed by atoms with Crippen LogP contribution in [0.15, 0.2) is 15.9 Å². The zero-order valence-corrected chi connectivity index (χ0v) is 8.57. The average molecular weight is 259 g/mol. The van der Waals surface area contributed by atoms with Crippen LogP contribution >= 0.6 is 11.6 Å². The molecule has 0 aliphatic rings. The standard InChI is InChI=1S/C6H5ClF2N2O3S/c7-4-3(5(8)9)2(15(10,13)14)1-11-6(4)12/h1,5H,(H,11,12)(H2,10,13,14). The van der Waals surface area contributed by atoms with E-state index in [1.807, 2.05) is 4.98 Å². The molecule has 3 N–H and O–H groups in total. The molecule has 0 amide bonds. The first-order chi connectivity index (χ1) is 6.75. The molecule has 1 aromatic rings. The number of nitrogens with two attached hydrogens (primary N) is 1. The number of H-pyrrole nitrogens is 1. The van der Waals surface area contributed by atoms with E-state index in [0.29, 0.717) is 6.20 Å². The first kappa shape index (κ1) is 12.1. The molecule has 0 aliphatic heterocycles. The summed E-state index contributed by atoms with van der Waals surface area (Å²) in [4.78, 5) is 11.9. The van der Waals surface area contributed by atoms with Crippen LogP contribution in [0.5, 0.6) is 0 Å². The minimum atomic E-state index is -4.35. The number of rotatable bonds is 2. The second-order valence-electron chi connectivity index (χ2n) is 2.56. The summed E-state index contributed by atoms with van der Waals surface area (Å²) in [5, 5.41) is 3.79. The average Bonchev–Trinajstić information content (AvgIpc) is 2.06. The van der Waals surface area contributed by atoms with Gasteiger partial charge < -0.3 is 4.98 Å². The highest BCUT2D eigenvalue weighted by molar-refractivity contribution is 7.89. The second kappa shape index (κ2) is 3.87. The lowest BCUT2D eigenvalue weighted by molar-refractivity contribution is 0.147. The normalized spacial score (nSPS) is 12.1. The number of nitrogens with one attached hydrogen (secondary N) is 1. The molecule has 0 radical (unpaired) electrons. The van der Waals surface area contributed by atoms with E-state index in [1.54, 1.807) is 0 Å². The van der Waals surface area contributed by atoms with Crippen LogP contribution in [0.1, 0.15) is 12.0 Å². The molecule has 15 heavy (non-hydrogen) atoms. The van der Waals surface area contributed by atoms with Crippen LogP contribution < -0.4 is 10.7 Å². The van der Waals surface area contributed by atoms with Crippen LogP contribution in [-0.2, 0) is 10.0 Å². The maximum Gasteiger partial charge on any atom is 0.267 e. The lowest BCUT2D eigenvalue weighted by Gasteiger charge is -2.07. The molecule has 5 nitrogen and oxygen atoms in total. The van der Waals surface area contributed by atoms with E-state index >= 15 is 0 Å². The molecule has 0 spiro atoms. The predicted octanol–water partition coefficient (Wildman–Crippen LogP) is 0.613. The van der Waals surface area contributed by atoms with Crippen LogP contribution in [0.3, 0.4) is 0 Å². The predicted molar refractivity (Wildman–Crippen MR) is 48.4 cm³/mol. The fourth-order valence-corrected chi connectivity index (χ4v) is 1.96. The largest absolute Gasteiger partial charge is 0.326 e. The van der Waals surface area contributed by atoms with Gasteiger partial charge in [0.25, 0.3) is 12.0 Å². The summed E-state index contributed by atoms with van der Waals surface area (Å²) in [5.74, 6) is 0. The van der Waals surface area contributed by atoms with Gasteiger partial charge in [0.1, 0.15) is 9.92 Å². The van der Waals surface area contributed by atoms with Crippen molar-refractivity contribution in [1.29, 1.82) is 0 Å². The van der Waals surface area contributed by atoms with Crippen LogP contribution in [-0.4, -0.2) is 13.4 Å². The molecule has 0 aromatic carbocycles. The smallest absolute Gasteiger partial charge is 0.267 e. The van der Waals surface area contributed by atoms with Crippen LogP contribution in [0.4, 0.5) is 8.78 Å². The molecule has 0 aliphatic carbocycles. The topological polar surface area (TPSA) is 93.0 Å². The zero-order valence-electron chi connectivity index (χ0n) is 7.00. The number of primary sulfonamides is 1. The highest BCUT2D eigenvalue weighted by Gasteiger charge is 2.25. The van der Waals surface area contributed by atoms with Gasteiger partial charge in [-0.3, -0.25) is 4.79 Å². The molecule has 9 heteroatoms. The van der Waals surface area contributed by atoms with Gasteiger partial charge in [-0.25, -0.2) is 22.3 Å². The molecule has 1 heterocycles. The summed E-state index contributed by atoms with van der Waals surface area (Å²) in [5.41, 5.74) is -2.08. The summed E-state index contributed by atoms with van der Waals surface area (Å²) in [6.45, 7) is 0. The van der Waals surface area contributed by atoms with Crippen LogP contribution in [0.25, 0.3) is 0 Å². The Hall–Kier alpha value is -0.990. The Balaban J connectivity index is 3.70. The Bertz CT molecular complexity index is 540. The van der Waals surface area contributed by atoms with E-state index < -0.39 is 37.5 Å². The van der Waals surface area contributed by atoms with Crippen molar-refractivity contribution in [2.24, 2.45) is 5.14 Å². The number of sulfonamides is 1. The van der Waals surface area contributed by atoms with Crippen molar-refractivity contribution in [2.75, 3.05) is 0 Å². The van der Waals surface area contributed by atoms with Crippen LogP contribution in [0.2, 0.25) is 5.02 Å². The lowest BCUT2D eigenvalue weighted by Crippen LogP contribution is -2.19. The van der Waals surface area contributed by atoms with Gasteiger partial charge in [0.05, 0.1) is 5.56 Å². The van der Waals surface area contributed by atoms with Gasteiger partial charge in [0.2, 0.25) is 10.0 Å². The Morgan fingerprint density at radius 2 is 2.00 bits per heavy atom. The number of halogens is 3. The number of aromatic nitrogens is 1. The minimum absolute atomic E-state index is 0.588. The summed E-state index contributed by atoms with van der Waals surface area (Å²) < 4.78 is 46.7. The fraction of sp³-hybridized carbons (Fsp3) is 0.167. The van der Waals surface area contributed by atoms with E-state index in [1.165, 1.54) is 0 Å². The minimum Gasteiger partial charge on any atom is -0.326 e. The number of hydrogen-bond donors (Lipinski definition) is 2. The van der Waals surface area contributed by atoms with Crippen molar-refractivity contribution in [3.8, 4) is 0 Å². The quantitative estimate of drug-likeness (QED) is 0.814. The molecule has 0 fully saturated rings. The molecule has 84 valence electrons. The highest BCUT2D eigenvalue weighted by Crippen LogP contribution is 2.29. The molecule has 0 saturated carbocycles. The molecule has 0 atom stereocenters. The molecule has 0 bridgehead atoms. The van der Waals surface area contributed by atoms with Crippen molar-refractivity contribution in [3.05, 3.63) is 27.1 Å². The van der Waals surface area contributed by atoms with E-state index in [2.05, 4.69) is 5.14 Å². The number of pyridine rings is 1. The van der Waals surface area contributed by atoms with Gasteiger partial charge in [0, 0.05) is 6.20 Å². The van der Waals surface area contributed by atoms with Gasteiger partial charge >= 0.3 is 0 Å². The van der Waals surface area contributed by atoms with E-state index in [4.69, 9.17) is 11.6 Å². The van der Waals surface area contributed by atoms with Gasteiger partial charge in [-0.1, -0.05) is 11.6 Å². The number of hydrogen-bond acceptors (Lipinski definition) is 3. The molecule has 0 saturated heterocycles. The maximum atomic E-state index is 12.4. The summed E-state index contributed by atoms with van der Waals surface area (Å²) >= 11 is 5.26. The van der Waals surface area contributed by atoms with Crippen molar-refractivity contribution in [3.63, 3.8) is 0 Å². The van der Waals surface area contributed by atoms with Crippen molar-refractivity contribution in [1.82, 2.24) is 4.98 Å². The van der Waals surface area contributed by atoms with E-state index in [0.717, 1.165) is 0 Å². The Morgan fingerprint density at radius 1 is 1.47 bits per heavy atom. The summed E-state index contributed by atoms with van der Waals surface area (Å²) in [6, 6.07) is 0. The van der Waals surface area contributed by atoms with E-state index in [-0.39, 0.29) is 0 Å². The third-order valence-corrected chi connectivity index (χ3v) is 2.89. The highest BCUT2D eigenvalue weighted by atomic mass is 35.5. The van der Waals surface area contributed by atoms with Gasteiger partial charge in [-0.2, -0.15) is 0 Å². The van der Waals surface area contributed by atoms with Gasteiger partial charge in [0.15, 0.2) is 0 Å². The molecule has 1 rings (SSSR count). The third-order valence-electron chi connectivity index (χ3n) is 1.56. The van der Waals surface area contributed by atoms with Crippen LogP contribution in [0, 0.1) is 0 Å². The third kappa shape index (κ3) is 2.33. The van der Waals surface area contributed by atoms with Gasteiger partial charge in [-0.05, 0) is 0 Å². The Morgan fingerprint density at radius 3 is 2.40 bits per heavy atom. The fourth-order valence-electron chi connectivity index (χ4n) is 0.941. The zero-order chi connectivity index (χ0) is 11.8. The number of alkyl halides is 2. The molecular formula is C6H5ClF2N2O3S. The molecule has 1 aromatic heterocycles. The molecule has 0 unspecified atom stereocenters. The van der Waals surface area contributed by atoms with E-state index in [9.17, 15) is 22.0 Å². The lowest BCUT2D eigenvalue weighted by atomic mass is 10.3. The van der Waals surface area contributed by atoms with Crippen molar-refractivity contribution >= 4 is 21.6 Å². The first-order valence-corrected chi connectivity index (χ1v) is 5.39. The van der Waals surface area contributed by atoms with Crippen molar-refractivity contribution in [2.45, 2.75) is 11.3 Å². The molecular weight excluding hydrogens is 254 g/mol. The Kier molecular flexibility index (Phi) is 3.12. The Labute approximate surface area is 87.9 Å². The SMILES string of the molecule is NS(=O)(=O)c1c[nH]c(=O)c(Cl)c1C(F)F. The van der Waals surface area contributed by atoms with Crippen molar-refractivity contribution < 1.29 is 17.2 Å².